The van der Waals surface area contributed by atoms with E-state index in [2.05, 4.69) is 76.0 Å². The van der Waals surface area contributed by atoms with E-state index in [4.69, 9.17) is 0 Å². The van der Waals surface area contributed by atoms with Crippen LogP contribution in [0.25, 0.3) is 11.4 Å². The number of aryl methyl sites for hydroxylation is 1. The van der Waals surface area contributed by atoms with Crippen LogP contribution in [0, 0.1) is 6.92 Å². The van der Waals surface area contributed by atoms with Crippen molar-refractivity contribution in [3.05, 3.63) is 59.7 Å². The van der Waals surface area contributed by atoms with Gasteiger partial charge in [-0.25, -0.2) is 0 Å². The van der Waals surface area contributed by atoms with Crippen LogP contribution in [-0.4, -0.2) is 52.5 Å². The SMILES string of the molecule is CCCn1c(SCC(=O)N(C)Cc2ccc(N(C)C)cc2)nnc1-c1cccc(C)c1. The average molecular weight is 438 g/mol. The highest BCUT2D eigenvalue weighted by Crippen LogP contribution is 2.25. The van der Waals surface area contributed by atoms with Crippen LogP contribution in [0.2, 0.25) is 0 Å². The number of rotatable bonds is 9. The van der Waals surface area contributed by atoms with Gasteiger partial charge in [0.2, 0.25) is 5.91 Å². The van der Waals surface area contributed by atoms with Gasteiger partial charge in [-0.05, 0) is 37.1 Å². The summed E-state index contributed by atoms with van der Waals surface area (Å²) in [5.41, 5.74) is 4.50. The first-order valence-electron chi connectivity index (χ1n) is 10.5. The molecule has 31 heavy (non-hydrogen) atoms. The van der Waals surface area contributed by atoms with Gasteiger partial charge in [0.05, 0.1) is 5.75 Å². The lowest BCUT2D eigenvalue weighted by atomic mass is 10.1. The van der Waals surface area contributed by atoms with Crippen LogP contribution in [0.4, 0.5) is 5.69 Å². The van der Waals surface area contributed by atoms with Gasteiger partial charge < -0.3 is 14.4 Å². The highest BCUT2D eigenvalue weighted by molar-refractivity contribution is 7.99. The van der Waals surface area contributed by atoms with Crippen molar-refractivity contribution in [2.75, 3.05) is 31.8 Å². The molecule has 0 aliphatic carbocycles. The zero-order valence-electron chi connectivity index (χ0n) is 19.0. The van der Waals surface area contributed by atoms with E-state index < -0.39 is 0 Å². The minimum atomic E-state index is 0.0739. The maximum absolute atomic E-state index is 12.7. The zero-order valence-corrected chi connectivity index (χ0v) is 19.8. The van der Waals surface area contributed by atoms with Gasteiger partial charge in [0.15, 0.2) is 11.0 Å². The molecule has 0 saturated heterocycles. The number of thioether (sulfide) groups is 1. The molecule has 0 unspecified atom stereocenters. The van der Waals surface area contributed by atoms with Crippen molar-refractivity contribution >= 4 is 23.4 Å². The van der Waals surface area contributed by atoms with Crippen molar-refractivity contribution in [3.8, 4) is 11.4 Å². The van der Waals surface area contributed by atoms with E-state index in [1.807, 2.05) is 27.2 Å². The van der Waals surface area contributed by atoms with Crippen LogP contribution in [0.3, 0.4) is 0 Å². The molecule has 0 fully saturated rings. The van der Waals surface area contributed by atoms with Gasteiger partial charge in [-0.1, -0.05) is 54.6 Å². The Balaban J connectivity index is 1.65. The predicted molar refractivity (Wildman–Crippen MR) is 128 cm³/mol. The Morgan fingerprint density at radius 3 is 2.45 bits per heavy atom. The number of aromatic nitrogens is 3. The van der Waals surface area contributed by atoms with Gasteiger partial charge in [-0.2, -0.15) is 0 Å². The molecule has 6 nitrogen and oxygen atoms in total. The van der Waals surface area contributed by atoms with E-state index in [-0.39, 0.29) is 5.91 Å². The molecule has 0 aliphatic rings. The number of hydrogen-bond donors (Lipinski definition) is 0. The number of anilines is 1. The van der Waals surface area contributed by atoms with E-state index in [0.717, 1.165) is 40.8 Å². The van der Waals surface area contributed by atoms with Crippen molar-refractivity contribution in [2.24, 2.45) is 0 Å². The zero-order chi connectivity index (χ0) is 22.4. The molecule has 3 rings (SSSR count). The van der Waals surface area contributed by atoms with Gasteiger partial charge in [0.25, 0.3) is 0 Å². The van der Waals surface area contributed by atoms with E-state index in [1.165, 1.54) is 17.3 Å². The quantitative estimate of drug-likeness (QED) is 0.462. The number of carbonyl (C=O) groups excluding carboxylic acids is 1. The largest absolute Gasteiger partial charge is 0.378 e. The maximum Gasteiger partial charge on any atom is 0.233 e. The lowest BCUT2D eigenvalue weighted by Gasteiger charge is -2.18. The molecule has 0 saturated carbocycles. The van der Waals surface area contributed by atoms with E-state index in [9.17, 15) is 4.79 Å². The first-order chi connectivity index (χ1) is 14.9. The molecule has 3 aromatic rings. The first kappa shape index (κ1) is 22.9. The van der Waals surface area contributed by atoms with Crippen molar-refractivity contribution in [1.82, 2.24) is 19.7 Å². The molecule has 1 aromatic heterocycles. The minimum Gasteiger partial charge on any atom is -0.378 e. The van der Waals surface area contributed by atoms with Crippen LogP contribution in [0.1, 0.15) is 24.5 Å². The van der Waals surface area contributed by atoms with Crippen LogP contribution in [-0.2, 0) is 17.9 Å². The normalized spacial score (nSPS) is 10.9. The first-order valence-corrected chi connectivity index (χ1v) is 11.5. The lowest BCUT2D eigenvalue weighted by Crippen LogP contribution is -2.28. The summed E-state index contributed by atoms with van der Waals surface area (Å²) in [7, 11) is 5.88. The summed E-state index contributed by atoms with van der Waals surface area (Å²) in [6.45, 7) is 5.61. The molecule has 0 radical (unpaired) electrons. The second kappa shape index (κ2) is 10.5. The molecule has 1 amide bonds. The molecule has 0 bridgehead atoms. The van der Waals surface area contributed by atoms with Gasteiger partial charge in [-0.3, -0.25) is 4.79 Å². The number of nitrogens with zero attached hydrogens (tertiary/aromatic N) is 5. The Morgan fingerprint density at radius 1 is 1.06 bits per heavy atom. The Bertz CT molecular complexity index is 1010. The highest BCUT2D eigenvalue weighted by Gasteiger charge is 2.17. The fraction of sp³-hybridized carbons (Fsp3) is 0.375. The molecular weight excluding hydrogens is 406 g/mol. The standard InChI is InChI=1S/C24H31N5OS/c1-6-14-29-23(20-9-7-8-18(2)15-20)25-26-24(29)31-17-22(30)28(5)16-19-10-12-21(13-11-19)27(3)4/h7-13,15H,6,14,16-17H2,1-5H3. The summed E-state index contributed by atoms with van der Waals surface area (Å²) in [5, 5.41) is 9.59. The molecule has 7 heteroatoms. The summed E-state index contributed by atoms with van der Waals surface area (Å²) in [6.07, 6.45) is 0.973. The van der Waals surface area contributed by atoms with Gasteiger partial charge >= 0.3 is 0 Å². The molecule has 0 N–H and O–H groups in total. The second-order valence-corrected chi connectivity index (χ2v) is 8.87. The Kier molecular flexibility index (Phi) is 7.74. The summed E-state index contributed by atoms with van der Waals surface area (Å²) in [4.78, 5) is 16.6. The molecule has 0 aliphatic heterocycles. The topological polar surface area (TPSA) is 54.3 Å². The third kappa shape index (κ3) is 5.88. The van der Waals surface area contributed by atoms with Crippen molar-refractivity contribution in [3.63, 3.8) is 0 Å². The average Bonchev–Trinajstić information content (AvgIpc) is 3.15. The third-order valence-corrected chi connectivity index (χ3v) is 6.01. The number of hydrogen-bond acceptors (Lipinski definition) is 5. The Labute approximate surface area is 189 Å². The third-order valence-electron chi connectivity index (χ3n) is 5.06. The van der Waals surface area contributed by atoms with Gasteiger partial charge in [0.1, 0.15) is 0 Å². The fourth-order valence-corrected chi connectivity index (χ4v) is 4.22. The second-order valence-electron chi connectivity index (χ2n) is 7.93. The fourth-order valence-electron chi connectivity index (χ4n) is 3.32. The summed E-state index contributed by atoms with van der Waals surface area (Å²) in [5.74, 6) is 1.27. The molecule has 164 valence electrons. The van der Waals surface area contributed by atoms with E-state index in [0.29, 0.717) is 12.3 Å². The molecule has 1 heterocycles. The molecule has 2 aromatic carbocycles. The Morgan fingerprint density at radius 2 is 1.81 bits per heavy atom. The number of carbonyl (C=O) groups is 1. The van der Waals surface area contributed by atoms with E-state index >= 15 is 0 Å². The van der Waals surface area contributed by atoms with Crippen molar-refractivity contribution in [2.45, 2.75) is 38.5 Å². The summed E-state index contributed by atoms with van der Waals surface area (Å²) in [6, 6.07) is 16.6. The summed E-state index contributed by atoms with van der Waals surface area (Å²) >= 11 is 1.45. The monoisotopic (exact) mass is 437 g/mol. The van der Waals surface area contributed by atoms with Gasteiger partial charge in [-0.15, -0.1) is 10.2 Å². The predicted octanol–water partition coefficient (Wildman–Crippen LogP) is 4.48. The molecule has 0 spiro atoms. The van der Waals surface area contributed by atoms with Crippen molar-refractivity contribution < 1.29 is 4.79 Å². The van der Waals surface area contributed by atoms with Crippen molar-refractivity contribution in [1.29, 1.82) is 0 Å². The maximum atomic E-state index is 12.7. The van der Waals surface area contributed by atoms with Crippen LogP contribution >= 0.6 is 11.8 Å². The number of benzene rings is 2. The van der Waals surface area contributed by atoms with Crippen LogP contribution < -0.4 is 4.90 Å². The summed E-state index contributed by atoms with van der Waals surface area (Å²) < 4.78 is 2.12. The van der Waals surface area contributed by atoms with E-state index in [1.54, 1.807) is 4.90 Å². The van der Waals surface area contributed by atoms with Crippen LogP contribution in [0.5, 0.6) is 0 Å². The molecule has 0 atom stereocenters. The highest BCUT2D eigenvalue weighted by atomic mass is 32.2. The van der Waals surface area contributed by atoms with Crippen LogP contribution in [0.15, 0.2) is 53.7 Å². The number of amides is 1. The smallest absolute Gasteiger partial charge is 0.233 e. The molecular formula is C24H31N5OS. The Hall–Kier alpha value is -2.80. The lowest BCUT2D eigenvalue weighted by molar-refractivity contribution is -0.127. The minimum absolute atomic E-state index is 0.0739. The van der Waals surface area contributed by atoms with Gasteiger partial charge in [0, 0.05) is 45.5 Å².